The molecule has 0 aliphatic carbocycles. The van der Waals surface area contributed by atoms with Crippen LogP contribution in [0.25, 0.3) is 0 Å². The second kappa shape index (κ2) is 10.1. The Morgan fingerprint density at radius 1 is 1.20 bits per heavy atom. The number of aliphatic imine (C=N–C) groups is 3. The number of anilines is 1. The van der Waals surface area contributed by atoms with Gasteiger partial charge in [-0.3, -0.25) is 9.79 Å². The minimum Gasteiger partial charge on any atom is -0.356 e. The lowest BCUT2D eigenvalue weighted by molar-refractivity contribution is -0.750. The van der Waals surface area contributed by atoms with E-state index in [4.69, 9.17) is 16.1 Å². The molecular formula is C28H25F3N9O+. The summed E-state index contributed by atoms with van der Waals surface area (Å²) in [5, 5.41) is 11.5. The van der Waals surface area contributed by atoms with Gasteiger partial charge in [0.2, 0.25) is 11.9 Å². The van der Waals surface area contributed by atoms with Gasteiger partial charge in [0.25, 0.3) is 11.7 Å². The number of fused-ring (bicyclic) bond motifs is 2. The molecule has 1 unspecified atom stereocenters. The number of hydrogen-bond donors (Lipinski definition) is 2. The van der Waals surface area contributed by atoms with Crippen molar-refractivity contribution in [2.24, 2.45) is 26.7 Å². The minimum absolute atomic E-state index is 0.0600. The smallest absolute Gasteiger partial charge is 0.356 e. The van der Waals surface area contributed by atoms with Gasteiger partial charge in [-0.1, -0.05) is 0 Å². The van der Waals surface area contributed by atoms with Gasteiger partial charge >= 0.3 is 6.18 Å². The predicted octanol–water partition coefficient (Wildman–Crippen LogP) is 4.32. The highest BCUT2D eigenvalue weighted by molar-refractivity contribution is 6.05. The van der Waals surface area contributed by atoms with Gasteiger partial charge in [-0.15, -0.1) is 4.59 Å². The third kappa shape index (κ3) is 4.81. The molecular weight excluding hydrogens is 535 g/mol. The minimum atomic E-state index is -4.55. The van der Waals surface area contributed by atoms with E-state index in [0.717, 1.165) is 61.2 Å². The maximum Gasteiger partial charge on any atom is 0.416 e. The first-order chi connectivity index (χ1) is 19.7. The Kier molecular flexibility index (Phi) is 6.51. The molecule has 208 valence electrons. The van der Waals surface area contributed by atoms with Gasteiger partial charge in [-0.05, 0) is 55.7 Å². The van der Waals surface area contributed by atoms with Crippen molar-refractivity contribution in [3.63, 3.8) is 0 Å². The molecule has 2 saturated heterocycles. The summed E-state index contributed by atoms with van der Waals surface area (Å²) in [6.45, 7) is 0.682. The number of alkyl halides is 3. The van der Waals surface area contributed by atoms with Crippen LogP contribution < -0.4 is 11.2 Å². The fraction of sp³-hybridized carbons (Fsp3) is 0.286. The van der Waals surface area contributed by atoms with Crippen LogP contribution in [0.1, 0.15) is 47.2 Å². The lowest BCUT2D eigenvalue weighted by atomic mass is 9.90. The number of nitrogens with one attached hydrogen (secondary N) is 1. The summed E-state index contributed by atoms with van der Waals surface area (Å²) in [7, 11) is 0. The number of hydrogen-bond acceptors (Lipinski definition) is 7. The van der Waals surface area contributed by atoms with E-state index in [-0.39, 0.29) is 21.9 Å². The Morgan fingerprint density at radius 3 is 2.76 bits per heavy atom. The monoisotopic (exact) mass is 560 g/mol. The molecule has 0 radical (unpaired) electrons. The fourth-order valence-corrected chi connectivity index (χ4v) is 5.82. The molecule has 3 N–H and O–H groups in total. The Balaban J connectivity index is 1.25. The van der Waals surface area contributed by atoms with Gasteiger partial charge in [-0.2, -0.15) is 34.3 Å². The fourth-order valence-electron chi connectivity index (χ4n) is 5.82. The number of halogens is 3. The van der Waals surface area contributed by atoms with E-state index < -0.39 is 17.6 Å². The van der Waals surface area contributed by atoms with E-state index in [1.165, 1.54) is 0 Å². The number of carbonyl (C=O) groups is 1. The molecule has 0 bridgehead atoms. The number of amidine groups is 2. The average Bonchev–Trinajstić information content (AvgIpc) is 3.50. The van der Waals surface area contributed by atoms with Crippen molar-refractivity contribution in [3.8, 4) is 6.19 Å². The SMILES string of the molecule is N#C/N=C1\CC[C@@H]2CC[C@@H](C3=C4C=NC=C[N+]4(N)C(c4ccc(C(=O)Nc5cc(C(F)(F)F)ccn5)cc4)=N3)CN12. The van der Waals surface area contributed by atoms with Crippen molar-refractivity contribution in [2.45, 2.75) is 37.9 Å². The van der Waals surface area contributed by atoms with E-state index in [2.05, 4.69) is 25.2 Å². The normalized spacial score (nSPS) is 26.1. The zero-order chi connectivity index (χ0) is 28.8. The first kappa shape index (κ1) is 26.5. The van der Waals surface area contributed by atoms with Crippen molar-refractivity contribution in [3.05, 3.63) is 83.1 Å². The van der Waals surface area contributed by atoms with Gasteiger partial charge in [-0.25, -0.2) is 4.98 Å². The molecule has 10 nitrogen and oxygen atoms in total. The topological polar surface area (TPSA) is 132 Å². The number of piperidine rings is 1. The maximum absolute atomic E-state index is 13.0. The van der Waals surface area contributed by atoms with Crippen molar-refractivity contribution >= 4 is 29.6 Å². The summed E-state index contributed by atoms with van der Waals surface area (Å²) in [6.07, 6.45) is 7.08. The van der Waals surface area contributed by atoms with Crippen LogP contribution in [0.15, 0.2) is 81.4 Å². The molecule has 4 aliphatic rings. The number of nitriles is 1. The molecule has 41 heavy (non-hydrogen) atoms. The molecule has 6 rings (SSSR count). The van der Waals surface area contributed by atoms with Crippen LogP contribution in [0.3, 0.4) is 0 Å². The number of nitrogens with zero attached hydrogens (tertiary/aromatic N) is 7. The molecule has 2 aromatic rings. The first-order valence-corrected chi connectivity index (χ1v) is 13.1. The molecule has 1 aromatic carbocycles. The van der Waals surface area contributed by atoms with E-state index in [9.17, 15) is 18.0 Å². The number of nitrogens with two attached hydrogens (primary N) is 1. The lowest BCUT2D eigenvalue weighted by Gasteiger charge is -2.36. The summed E-state index contributed by atoms with van der Waals surface area (Å²) in [5.41, 5.74) is 1.58. The molecule has 1 aromatic heterocycles. The second-order valence-corrected chi connectivity index (χ2v) is 10.3. The molecule has 3 atom stereocenters. The maximum atomic E-state index is 13.0. The molecule has 1 amide bonds. The quantitative estimate of drug-likeness (QED) is 0.327. The lowest BCUT2D eigenvalue weighted by Crippen LogP contribution is -2.53. The van der Waals surface area contributed by atoms with Crippen molar-refractivity contribution in [1.82, 2.24) is 9.88 Å². The van der Waals surface area contributed by atoms with E-state index in [1.54, 1.807) is 42.9 Å². The van der Waals surface area contributed by atoms with Crippen LogP contribution in [-0.2, 0) is 6.18 Å². The highest BCUT2D eigenvalue weighted by Crippen LogP contribution is 2.40. The summed E-state index contributed by atoms with van der Waals surface area (Å²) in [5.74, 6) is 7.51. The second-order valence-electron chi connectivity index (χ2n) is 10.3. The van der Waals surface area contributed by atoms with Crippen LogP contribution in [-0.4, -0.2) is 50.9 Å². The van der Waals surface area contributed by atoms with Gasteiger partial charge in [0.05, 0.1) is 23.5 Å². The van der Waals surface area contributed by atoms with E-state index in [0.29, 0.717) is 24.0 Å². The Labute approximate surface area is 233 Å². The van der Waals surface area contributed by atoms with Crippen LogP contribution >= 0.6 is 0 Å². The number of aromatic nitrogens is 1. The Morgan fingerprint density at radius 2 is 2.00 bits per heavy atom. The number of rotatable bonds is 4. The van der Waals surface area contributed by atoms with Crippen LogP contribution in [0, 0.1) is 17.4 Å². The number of amides is 1. The number of carbonyl (C=O) groups excluding carboxylic acids is 1. The van der Waals surface area contributed by atoms with Crippen molar-refractivity contribution in [1.29, 1.82) is 5.26 Å². The first-order valence-electron chi connectivity index (χ1n) is 13.1. The predicted molar refractivity (Wildman–Crippen MR) is 145 cm³/mol. The largest absolute Gasteiger partial charge is 0.416 e. The molecule has 5 heterocycles. The molecule has 4 aliphatic heterocycles. The molecule has 13 heteroatoms. The number of quaternary nitrogens is 1. The molecule has 2 fully saturated rings. The Bertz CT molecular complexity index is 1600. The van der Waals surface area contributed by atoms with Gasteiger partial charge in [0, 0.05) is 36.7 Å². The van der Waals surface area contributed by atoms with E-state index in [1.807, 2.05) is 6.19 Å². The zero-order valence-corrected chi connectivity index (χ0v) is 21.7. The standard InChI is InChI=1S/C28H24F3N9O/c29-28(30,31)20-9-10-35-23(13-20)37-27(41)18-3-1-17(2-4-18)26-38-25(22-14-34-11-12-40(22,26)33)19-5-6-21-7-8-24(36-16-32)39(21)15-19/h1-4,9-14,19,21H,5-8,15,33H2/p+1/b36-24+/t19-,21+,40?/m1/s1. The summed E-state index contributed by atoms with van der Waals surface area (Å²) in [6, 6.07) is 8.52. The number of benzene rings is 1. The summed E-state index contributed by atoms with van der Waals surface area (Å²) < 4.78 is 38.9. The average molecular weight is 561 g/mol. The highest BCUT2D eigenvalue weighted by Gasteiger charge is 2.47. The zero-order valence-electron chi connectivity index (χ0n) is 21.7. The van der Waals surface area contributed by atoms with Crippen LogP contribution in [0.4, 0.5) is 19.0 Å². The third-order valence-electron chi connectivity index (χ3n) is 7.86. The van der Waals surface area contributed by atoms with Gasteiger partial charge in [0.1, 0.15) is 23.6 Å². The van der Waals surface area contributed by atoms with Gasteiger partial charge in [0.15, 0.2) is 0 Å². The van der Waals surface area contributed by atoms with Crippen molar-refractivity contribution < 1.29 is 22.6 Å². The van der Waals surface area contributed by atoms with Gasteiger partial charge < -0.3 is 10.2 Å². The van der Waals surface area contributed by atoms with Crippen molar-refractivity contribution in [2.75, 3.05) is 11.9 Å². The summed E-state index contributed by atoms with van der Waals surface area (Å²) in [4.78, 5) is 32.1. The van der Waals surface area contributed by atoms with Crippen LogP contribution in [0.2, 0.25) is 0 Å². The number of pyridine rings is 1. The third-order valence-corrected chi connectivity index (χ3v) is 7.86. The number of allylic oxidation sites excluding steroid dienone is 1. The summed E-state index contributed by atoms with van der Waals surface area (Å²) >= 11 is 0. The molecule has 0 saturated carbocycles. The Hall–Kier alpha value is -4.67. The van der Waals surface area contributed by atoms with E-state index >= 15 is 0 Å². The molecule has 0 spiro atoms. The van der Waals surface area contributed by atoms with Crippen LogP contribution in [0.5, 0.6) is 0 Å². The highest BCUT2D eigenvalue weighted by atomic mass is 19.4.